The number of thiophene rings is 1. The molecule has 0 aliphatic heterocycles. The lowest BCUT2D eigenvalue weighted by atomic mass is 10.1. The van der Waals surface area contributed by atoms with Crippen molar-refractivity contribution in [2.24, 2.45) is 0 Å². The maximum Gasteiger partial charge on any atom is 0.341 e. The Kier molecular flexibility index (Phi) is 5.14. The average Bonchev–Trinajstić information content (AvgIpc) is 2.96. The van der Waals surface area contributed by atoms with E-state index < -0.39 is 0 Å². The minimum atomic E-state index is -0.263. The number of hydrogen-bond donors (Lipinski definition) is 2. The predicted octanol–water partition coefficient (Wildman–Crippen LogP) is 2.89. The van der Waals surface area contributed by atoms with Crippen molar-refractivity contribution in [1.29, 1.82) is 0 Å². The highest BCUT2D eigenvalue weighted by atomic mass is 32.1. The molecule has 1 aliphatic carbocycles. The molecule has 2 rings (SSSR count). The highest BCUT2D eigenvalue weighted by Crippen LogP contribution is 2.39. The normalized spacial score (nSPS) is 12.7. The Hall–Kier alpha value is -1.40. The highest BCUT2D eigenvalue weighted by Gasteiger charge is 2.27. The summed E-state index contributed by atoms with van der Waals surface area (Å²) in [4.78, 5) is 13.4. The zero-order valence-corrected chi connectivity index (χ0v) is 13.1. The Bertz CT molecular complexity index is 538. The van der Waals surface area contributed by atoms with Crippen LogP contribution in [0.5, 0.6) is 0 Å². The largest absolute Gasteiger partial charge is 0.462 e. The second kappa shape index (κ2) is 6.85. The van der Waals surface area contributed by atoms with Crippen molar-refractivity contribution >= 4 is 39.6 Å². The van der Waals surface area contributed by atoms with Gasteiger partial charge in [0, 0.05) is 11.4 Å². The minimum Gasteiger partial charge on any atom is -0.462 e. The molecule has 1 aromatic rings. The number of ether oxygens (including phenoxy) is 1. The Labute approximate surface area is 128 Å². The smallest absolute Gasteiger partial charge is 0.341 e. The number of hydrogen-bond acceptors (Lipinski definition) is 4. The van der Waals surface area contributed by atoms with Crippen molar-refractivity contribution in [1.82, 2.24) is 5.32 Å². The molecule has 0 saturated carbocycles. The number of rotatable bonds is 5. The number of aryl methyl sites for hydroxylation is 1. The molecule has 0 saturated heterocycles. The maximum atomic E-state index is 12.1. The number of carbonyl (C=O) groups is 1. The first kappa shape index (κ1) is 15.0. The molecule has 20 heavy (non-hydrogen) atoms. The molecule has 6 heteroatoms. The van der Waals surface area contributed by atoms with Gasteiger partial charge in [-0.15, -0.1) is 17.9 Å². The van der Waals surface area contributed by atoms with E-state index in [1.54, 1.807) is 17.4 Å². The second-order valence-corrected chi connectivity index (χ2v) is 5.92. The monoisotopic (exact) mass is 310 g/mol. The molecule has 108 valence electrons. The van der Waals surface area contributed by atoms with Crippen LogP contribution in [0.25, 0.3) is 0 Å². The molecule has 0 fully saturated rings. The summed E-state index contributed by atoms with van der Waals surface area (Å²) in [6.45, 7) is 6.41. The van der Waals surface area contributed by atoms with E-state index in [9.17, 15) is 4.79 Å². The quantitative estimate of drug-likeness (QED) is 0.497. The molecule has 0 radical (unpaired) electrons. The van der Waals surface area contributed by atoms with Crippen molar-refractivity contribution < 1.29 is 9.53 Å². The zero-order chi connectivity index (χ0) is 14.5. The Morgan fingerprint density at radius 3 is 3.05 bits per heavy atom. The van der Waals surface area contributed by atoms with Gasteiger partial charge in [0.15, 0.2) is 5.11 Å². The van der Waals surface area contributed by atoms with Crippen molar-refractivity contribution in [3.05, 3.63) is 28.7 Å². The lowest BCUT2D eigenvalue weighted by Gasteiger charge is -2.10. The van der Waals surface area contributed by atoms with Gasteiger partial charge in [-0.05, 0) is 44.0 Å². The van der Waals surface area contributed by atoms with Crippen LogP contribution in [-0.4, -0.2) is 24.2 Å². The van der Waals surface area contributed by atoms with Gasteiger partial charge >= 0.3 is 5.97 Å². The van der Waals surface area contributed by atoms with Gasteiger partial charge in [-0.25, -0.2) is 4.79 Å². The van der Waals surface area contributed by atoms with Gasteiger partial charge in [0.2, 0.25) is 0 Å². The first-order valence-corrected chi connectivity index (χ1v) is 7.87. The summed E-state index contributed by atoms with van der Waals surface area (Å²) in [5.41, 5.74) is 1.79. The minimum absolute atomic E-state index is 0.263. The molecule has 2 N–H and O–H groups in total. The second-order valence-electron chi connectivity index (χ2n) is 4.41. The zero-order valence-electron chi connectivity index (χ0n) is 11.5. The molecule has 0 bridgehead atoms. The maximum absolute atomic E-state index is 12.1. The van der Waals surface area contributed by atoms with Gasteiger partial charge in [0.05, 0.1) is 12.2 Å². The van der Waals surface area contributed by atoms with Crippen LogP contribution in [0.15, 0.2) is 12.7 Å². The SMILES string of the molecule is C=CCNC(=S)Nc1sc2c(c1C(=O)OCC)CCC2. The first-order valence-electron chi connectivity index (χ1n) is 6.64. The predicted molar refractivity (Wildman–Crippen MR) is 86.7 cm³/mol. The number of nitrogens with one attached hydrogen (secondary N) is 2. The molecular formula is C14H18N2O2S2. The van der Waals surface area contributed by atoms with Crippen LogP contribution < -0.4 is 10.6 Å². The molecule has 4 nitrogen and oxygen atoms in total. The van der Waals surface area contributed by atoms with E-state index in [4.69, 9.17) is 17.0 Å². The summed E-state index contributed by atoms with van der Waals surface area (Å²) in [5.74, 6) is -0.263. The van der Waals surface area contributed by atoms with Crippen LogP contribution >= 0.6 is 23.6 Å². The Balaban J connectivity index is 2.21. The fourth-order valence-corrected chi connectivity index (χ4v) is 3.76. The summed E-state index contributed by atoms with van der Waals surface area (Å²) in [6.07, 6.45) is 4.80. The van der Waals surface area contributed by atoms with Crippen LogP contribution in [0.3, 0.4) is 0 Å². The lowest BCUT2D eigenvalue weighted by Crippen LogP contribution is -2.28. The van der Waals surface area contributed by atoms with E-state index in [-0.39, 0.29) is 5.97 Å². The van der Waals surface area contributed by atoms with Crippen LogP contribution in [0, 0.1) is 0 Å². The number of fused-ring (bicyclic) bond motifs is 1. The third-order valence-corrected chi connectivity index (χ3v) is 4.49. The topological polar surface area (TPSA) is 50.4 Å². The summed E-state index contributed by atoms with van der Waals surface area (Å²) in [6, 6.07) is 0. The molecule has 0 spiro atoms. The molecule has 0 aromatic carbocycles. The fourth-order valence-electron chi connectivity index (χ4n) is 2.22. The summed E-state index contributed by atoms with van der Waals surface area (Å²) in [7, 11) is 0. The number of carbonyl (C=O) groups excluding carboxylic acids is 1. The molecule has 0 unspecified atom stereocenters. The summed E-state index contributed by atoms with van der Waals surface area (Å²) < 4.78 is 5.16. The molecule has 1 aromatic heterocycles. The molecule has 0 amide bonds. The van der Waals surface area contributed by atoms with E-state index in [1.807, 2.05) is 6.92 Å². The molecular weight excluding hydrogens is 292 g/mol. The molecule has 0 atom stereocenters. The van der Waals surface area contributed by atoms with Crippen molar-refractivity contribution in [3.8, 4) is 0 Å². The van der Waals surface area contributed by atoms with Gasteiger partial charge in [0.25, 0.3) is 0 Å². The fraction of sp³-hybridized carbons (Fsp3) is 0.429. The van der Waals surface area contributed by atoms with Gasteiger partial charge in [-0.2, -0.15) is 0 Å². The number of thiocarbonyl (C=S) groups is 1. The van der Waals surface area contributed by atoms with E-state index in [2.05, 4.69) is 17.2 Å². The van der Waals surface area contributed by atoms with Gasteiger partial charge in [0.1, 0.15) is 5.00 Å². The first-order chi connectivity index (χ1) is 9.67. The van der Waals surface area contributed by atoms with E-state index in [0.29, 0.717) is 23.8 Å². The summed E-state index contributed by atoms with van der Waals surface area (Å²) >= 11 is 6.80. The van der Waals surface area contributed by atoms with Gasteiger partial charge < -0.3 is 15.4 Å². The average molecular weight is 310 g/mol. The van der Waals surface area contributed by atoms with Gasteiger partial charge in [-0.1, -0.05) is 6.08 Å². The number of esters is 1. The van der Waals surface area contributed by atoms with Crippen LogP contribution in [0.1, 0.15) is 34.1 Å². The van der Waals surface area contributed by atoms with E-state index in [0.717, 1.165) is 29.8 Å². The van der Waals surface area contributed by atoms with E-state index in [1.165, 1.54) is 4.88 Å². The summed E-state index contributed by atoms with van der Waals surface area (Å²) in [5, 5.41) is 7.39. The molecule has 1 heterocycles. The lowest BCUT2D eigenvalue weighted by molar-refractivity contribution is 0.0527. The van der Waals surface area contributed by atoms with Gasteiger partial charge in [-0.3, -0.25) is 0 Å². The van der Waals surface area contributed by atoms with Crippen molar-refractivity contribution in [3.63, 3.8) is 0 Å². The standard InChI is InChI=1S/C14H18N2O2S2/c1-3-8-15-14(19)16-12-11(13(17)18-4-2)9-6-5-7-10(9)20-12/h3H,1,4-8H2,2H3,(H2,15,16,19). The third kappa shape index (κ3) is 3.19. The molecule has 1 aliphatic rings. The Morgan fingerprint density at radius 1 is 1.55 bits per heavy atom. The van der Waals surface area contributed by atoms with Crippen LogP contribution in [-0.2, 0) is 17.6 Å². The van der Waals surface area contributed by atoms with Crippen molar-refractivity contribution in [2.45, 2.75) is 26.2 Å². The van der Waals surface area contributed by atoms with Crippen LogP contribution in [0.2, 0.25) is 0 Å². The third-order valence-electron chi connectivity index (χ3n) is 3.03. The van der Waals surface area contributed by atoms with E-state index >= 15 is 0 Å². The van der Waals surface area contributed by atoms with Crippen LogP contribution in [0.4, 0.5) is 5.00 Å². The van der Waals surface area contributed by atoms with Crippen molar-refractivity contribution in [2.75, 3.05) is 18.5 Å². The Morgan fingerprint density at radius 2 is 2.35 bits per heavy atom. The number of anilines is 1. The highest BCUT2D eigenvalue weighted by molar-refractivity contribution is 7.80.